The minimum atomic E-state index is -0.577. The van der Waals surface area contributed by atoms with Crippen molar-refractivity contribution in [2.24, 2.45) is 10.9 Å². The van der Waals surface area contributed by atoms with Crippen LogP contribution in [0.15, 0.2) is 17.1 Å². The van der Waals surface area contributed by atoms with Gasteiger partial charge >= 0.3 is 0 Å². The highest BCUT2D eigenvalue weighted by atomic mass is 19.1. The first-order chi connectivity index (χ1) is 7.15. The highest BCUT2D eigenvalue weighted by molar-refractivity contribution is 6.12. The molecule has 0 bridgehead atoms. The molecule has 78 valence electrons. The molecule has 1 aromatic carbocycles. The van der Waals surface area contributed by atoms with E-state index in [-0.39, 0.29) is 23.1 Å². The van der Waals surface area contributed by atoms with E-state index in [2.05, 4.69) is 4.99 Å². The van der Waals surface area contributed by atoms with Crippen molar-refractivity contribution < 1.29 is 13.9 Å². The highest BCUT2D eigenvalue weighted by Gasteiger charge is 2.25. The van der Waals surface area contributed by atoms with Gasteiger partial charge in [-0.3, -0.25) is 9.79 Å². The third kappa shape index (κ3) is 1.42. The molecule has 0 fully saturated rings. The Balaban J connectivity index is 2.63. The maximum absolute atomic E-state index is 13.7. The van der Waals surface area contributed by atoms with Crippen molar-refractivity contribution in [2.45, 2.75) is 6.92 Å². The smallest absolute Gasteiger partial charge is 0.191 e. The van der Waals surface area contributed by atoms with E-state index in [1.807, 2.05) is 0 Å². The van der Waals surface area contributed by atoms with E-state index in [0.717, 1.165) is 0 Å². The molecule has 2 rings (SSSR count). The van der Waals surface area contributed by atoms with E-state index in [9.17, 15) is 9.18 Å². The number of rotatable bonds is 1. The first-order valence-corrected chi connectivity index (χ1v) is 4.60. The lowest BCUT2D eigenvalue weighted by Gasteiger charge is -2.15. The lowest BCUT2D eigenvalue weighted by atomic mass is 9.96. The van der Waals surface area contributed by atoms with Gasteiger partial charge in [0, 0.05) is 11.8 Å². The second-order valence-electron chi connectivity index (χ2n) is 3.41. The van der Waals surface area contributed by atoms with Crippen LogP contribution in [0, 0.1) is 11.7 Å². The van der Waals surface area contributed by atoms with Crippen LogP contribution in [0.5, 0.6) is 5.75 Å². The Morgan fingerprint density at radius 3 is 2.87 bits per heavy atom. The van der Waals surface area contributed by atoms with Gasteiger partial charge in [-0.1, -0.05) is 6.92 Å². The number of ether oxygens (including phenoxy) is 1. The summed E-state index contributed by atoms with van der Waals surface area (Å²) in [5.41, 5.74) is 0.403. The predicted octanol–water partition coefficient (Wildman–Crippen LogP) is 2.37. The van der Waals surface area contributed by atoms with Gasteiger partial charge in [0.25, 0.3) is 0 Å². The molecule has 1 unspecified atom stereocenters. The molecule has 0 aromatic heterocycles. The summed E-state index contributed by atoms with van der Waals surface area (Å²) in [6.07, 6.45) is 1.45. The molecule has 0 saturated carbocycles. The van der Waals surface area contributed by atoms with Gasteiger partial charge in [-0.05, 0) is 12.1 Å². The molecular weight excluding hydrogens is 197 g/mol. The fraction of sp³-hybridized carbons (Fsp3) is 0.273. The largest absolute Gasteiger partial charge is 0.494 e. The van der Waals surface area contributed by atoms with Crippen LogP contribution < -0.4 is 4.74 Å². The van der Waals surface area contributed by atoms with Gasteiger partial charge in [0.05, 0.1) is 13.0 Å². The zero-order valence-electron chi connectivity index (χ0n) is 8.45. The Labute approximate surface area is 86.6 Å². The highest BCUT2D eigenvalue weighted by Crippen LogP contribution is 2.34. The summed E-state index contributed by atoms with van der Waals surface area (Å²) in [4.78, 5) is 15.6. The van der Waals surface area contributed by atoms with Crippen molar-refractivity contribution in [3.63, 3.8) is 0 Å². The molecule has 1 aromatic rings. The van der Waals surface area contributed by atoms with Crippen molar-refractivity contribution in [3.8, 4) is 5.75 Å². The second-order valence-corrected chi connectivity index (χ2v) is 3.41. The third-order valence-electron chi connectivity index (χ3n) is 2.41. The summed E-state index contributed by atoms with van der Waals surface area (Å²) >= 11 is 0. The number of carbonyl (C=O) groups is 1. The number of hydrogen-bond donors (Lipinski definition) is 0. The molecule has 4 heteroatoms. The summed E-state index contributed by atoms with van der Waals surface area (Å²) in [6.45, 7) is 1.73. The molecule has 0 N–H and O–H groups in total. The molecule has 1 aliphatic heterocycles. The average Bonchev–Trinajstić information content (AvgIpc) is 2.24. The van der Waals surface area contributed by atoms with Crippen LogP contribution in [0.1, 0.15) is 17.3 Å². The number of Topliss-reactive ketones (excluding diaryl/α,β-unsaturated/α-hetero) is 1. The maximum Gasteiger partial charge on any atom is 0.191 e. The van der Waals surface area contributed by atoms with E-state index in [1.165, 1.54) is 19.4 Å². The number of nitrogens with zero attached hydrogens (tertiary/aromatic N) is 1. The quantitative estimate of drug-likeness (QED) is 0.709. The zero-order chi connectivity index (χ0) is 11.0. The summed E-state index contributed by atoms with van der Waals surface area (Å²) in [6, 6.07) is 2.99. The molecule has 3 nitrogen and oxygen atoms in total. The van der Waals surface area contributed by atoms with Gasteiger partial charge < -0.3 is 4.74 Å². The Morgan fingerprint density at radius 1 is 1.47 bits per heavy atom. The number of methoxy groups -OCH3 is 1. The minimum absolute atomic E-state index is 0.0810. The van der Waals surface area contributed by atoms with Gasteiger partial charge in [-0.2, -0.15) is 0 Å². The van der Waals surface area contributed by atoms with E-state index in [1.54, 1.807) is 13.0 Å². The van der Waals surface area contributed by atoms with Crippen LogP contribution in [0.2, 0.25) is 0 Å². The van der Waals surface area contributed by atoms with Crippen molar-refractivity contribution in [2.75, 3.05) is 7.11 Å². The van der Waals surface area contributed by atoms with Crippen molar-refractivity contribution >= 4 is 17.7 Å². The Hall–Kier alpha value is -1.71. The molecule has 15 heavy (non-hydrogen) atoms. The average molecular weight is 207 g/mol. The second kappa shape index (κ2) is 3.46. The molecular formula is C11H10FNO2. The van der Waals surface area contributed by atoms with E-state index >= 15 is 0 Å². The number of fused-ring (bicyclic) bond motifs is 1. The SMILES string of the molecule is COc1ccc2c(c1F)N=CC(C)C2=O. The lowest BCUT2D eigenvalue weighted by molar-refractivity contribution is 0.0962. The Morgan fingerprint density at radius 2 is 2.20 bits per heavy atom. The topological polar surface area (TPSA) is 38.7 Å². The monoisotopic (exact) mass is 207 g/mol. The zero-order valence-corrected chi connectivity index (χ0v) is 8.45. The molecule has 1 atom stereocenters. The third-order valence-corrected chi connectivity index (χ3v) is 2.41. The fourth-order valence-electron chi connectivity index (χ4n) is 1.53. The first-order valence-electron chi connectivity index (χ1n) is 4.60. The number of hydrogen-bond acceptors (Lipinski definition) is 3. The van der Waals surface area contributed by atoms with Gasteiger partial charge in [-0.25, -0.2) is 4.39 Å². The van der Waals surface area contributed by atoms with Gasteiger partial charge in [0.1, 0.15) is 5.69 Å². The molecule has 0 spiro atoms. The fourth-order valence-corrected chi connectivity index (χ4v) is 1.53. The molecule has 0 saturated heterocycles. The van der Waals surface area contributed by atoms with Crippen LogP contribution >= 0.6 is 0 Å². The van der Waals surface area contributed by atoms with Crippen LogP contribution in [-0.4, -0.2) is 19.1 Å². The Kier molecular flexibility index (Phi) is 2.26. The van der Waals surface area contributed by atoms with Crippen LogP contribution in [-0.2, 0) is 0 Å². The summed E-state index contributed by atoms with van der Waals surface area (Å²) in [5, 5.41) is 0. The number of halogens is 1. The van der Waals surface area contributed by atoms with Crippen molar-refractivity contribution in [1.82, 2.24) is 0 Å². The molecule has 1 aliphatic rings. The van der Waals surface area contributed by atoms with Crippen LogP contribution in [0.25, 0.3) is 0 Å². The maximum atomic E-state index is 13.7. The molecule has 1 heterocycles. The molecule has 0 aliphatic carbocycles. The Bertz CT molecular complexity index is 454. The summed E-state index contributed by atoms with van der Waals surface area (Å²) < 4.78 is 18.5. The first kappa shape index (κ1) is 9.83. The molecule has 0 radical (unpaired) electrons. The van der Waals surface area contributed by atoms with Crippen LogP contribution in [0.4, 0.5) is 10.1 Å². The van der Waals surface area contributed by atoms with Gasteiger partial charge in [0.2, 0.25) is 0 Å². The van der Waals surface area contributed by atoms with E-state index < -0.39 is 5.82 Å². The van der Waals surface area contributed by atoms with E-state index in [0.29, 0.717) is 5.56 Å². The standard InChI is InChI=1S/C11H10FNO2/c1-6-5-13-10-7(11(6)14)3-4-8(15-2)9(10)12/h3-6H,1-2H3. The number of carbonyl (C=O) groups excluding carboxylic acids is 1. The normalized spacial score (nSPS) is 18.9. The van der Waals surface area contributed by atoms with Crippen LogP contribution in [0.3, 0.4) is 0 Å². The lowest BCUT2D eigenvalue weighted by Crippen LogP contribution is -2.16. The van der Waals surface area contributed by atoms with Crippen molar-refractivity contribution in [3.05, 3.63) is 23.5 Å². The number of benzene rings is 1. The minimum Gasteiger partial charge on any atom is -0.494 e. The number of ketones is 1. The summed E-state index contributed by atoms with van der Waals surface area (Å²) in [7, 11) is 1.38. The van der Waals surface area contributed by atoms with Gasteiger partial charge in [-0.15, -0.1) is 0 Å². The van der Waals surface area contributed by atoms with Gasteiger partial charge in [0.15, 0.2) is 17.3 Å². The summed E-state index contributed by atoms with van der Waals surface area (Å²) in [5.74, 6) is -0.869. The molecule has 0 amide bonds. The predicted molar refractivity (Wildman–Crippen MR) is 54.6 cm³/mol. The van der Waals surface area contributed by atoms with Crippen molar-refractivity contribution in [1.29, 1.82) is 0 Å². The van der Waals surface area contributed by atoms with E-state index in [4.69, 9.17) is 4.74 Å². The number of aliphatic imine (C=N–C) groups is 1.